The zero-order chi connectivity index (χ0) is 20.3. The number of nitrogens with zero attached hydrogens (tertiary/aromatic N) is 2. The zero-order valence-electron chi connectivity index (χ0n) is 16.3. The maximum absolute atomic E-state index is 12.2. The summed E-state index contributed by atoms with van der Waals surface area (Å²) in [6, 6.07) is 16.0. The van der Waals surface area contributed by atoms with Gasteiger partial charge < -0.3 is 10.2 Å². The van der Waals surface area contributed by atoms with Crippen LogP contribution in [0.2, 0.25) is 0 Å². The molecule has 5 heteroatoms. The van der Waals surface area contributed by atoms with E-state index in [1.165, 1.54) is 0 Å². The maximum Gasteiger partial charge on any atom is 0.230 e. The number of rotatable bonds is 2. The lowest BCUT2D eigenvalue weighted by molar-refractivity contribution is -0.130. The molecule has 1 aromatic heterocycles. The molecule has 1 N–H and O–H groups in total. The Bertz CT molecular complexity index is 1060. The van der Waals surface area contributed by atoms with Gasteiger partial charge in [-0.15, -0.1) is 11.3 Å². The van der Waals surface area contributed by atoms with Crippen LogP contribution in [0.15, 0.2) is 60.2 Å². The number of fused-ring (bicyclic) bond motifs is 1. The van der Waals surface area contributed by atoms with Crippen LogP contribution in [-0.4, -0.2) is 17.9 Å². The van der Waals surface area contributed by atoms with Crippen molar-refractivity contribution in [2.45, 2.75) is 26.3 Å². The molecule has 0 bridgehead atoms. The van der Waals surface area contributed by atoms with Crippen LogP contribution in [0.5, 0.6) is 0 Å². The van der Waals surface area contributed by atoms with Crippen LogP contribution in [0.4, 0.5) is 0 Å². The first-order valence-electron chi connectivity index (χ1n) is 9.31. The molecule has 1 atom stereocenters. The summed E-state index contributed by atoms with van der Waals surface area (Å²) in [5.41, 5.74) is 3.90. The second-order valence-electron chi connectivity index (χ2n) is 6.37. The first kappa shape index (κ1) is 19.7. The molecule has 1 aliphatic rings. The van der Waals surface area contributed by atoms with Gasteiger partial charge in [-0.3, -0.25) is 4.79 Å². The van der Waals surface area contributed by atoms with Crippen LogP contribution in [0.1, 0.15) is 37.4 Å². The van der Waals surface area contributed by atoms with E-state index in [1.807, 2.05) is 44.2 Å². The molecule has 28 heavy (non-hydrogen) atoms. The molecular weight excluding hydrogens is 366 g/mol. The Morgan fingerprint density at radius 3 is 2.71 bits per heavy atom. The van der Waals surface area contributed by atoms with Gasteiger partial charge in [-0.2, -0.15) is 5.26 Å². The summed E-state index contributed by atoms with van der Waals surface area (Å²) < 4.78 is 1.16. The van der Waals surface area contributed by atoms with E-state index in [0.717, 1.165) is 26.8 Å². The van der Waals surface area contributed by atoms with Crippen molar-refractivity contribution < 1.29 is 4.79 Å². The van der Waals surface area contributed by atoms with Crippen LogP contribution in [-0.2, 0) is 4.79 Å². The average molecular weight is 390 g/mol. The fraction of sp³-hybridized carbons (Fsp3) is 0.217. The van der Waals surface area contributed by atoms with Crippen molar-refractivity contribution in [2.75, 3.05) is 7.05 Å². The van der Waals surface area contributed by atoms with E-state index in [2.05, 4.69) is 35.5 Å². The Morgan fingerprint density at radius 1 is 1.25 bits per heavy atom. The first-order valence-corrected chi connectivity index (χ1v) is 10.2. The van der Waals surface area contributed by atoms with Crippen molar-refractivity contribution in [3.05, 3.63) is 71.4 Å². The summed E-state index contributed by atoms with van der Waals surface area (Å²) in [5.74, 6) is 0.694. The van der Waals surface area contributed by atoms with E-state index in [4.69, 9.17) is 5.26 Å². The Labute approximate surface area is 169 Å². The predicted octanol–water partition coefficient (Wildman–Crippen LogP) is 5.43. The minimum absolute atomic E-state index is 0.0657. The second kappa shape index (κ2) is 8.28. The normalized spacial score (nSPS) is 16.2. The molecule has 142 valence electrons. The van der Waals surface area contributed by atoms with Crippen molar-refractivity contribution >= 4 is 27.3 Å². The topological polar surface area (TPSA) is 56.1 Å². The summed E-state index contributed by atoms with van der Waals surface area (Å²) in [7, 11) is 1.74. The number of hydrogen-bond acceptors (Lipinski definition) is 4. The third kappa shape index (κ3) is 3.51. The fourth-order valence-electron chi connectivity index (χ4n) is 3.33. The van der Waals surface area contributed by atoms with Crippen molar-refractivity contribution in [3.8, 4) is 17.2 Å². The van der Waals surface area contributed by atoms with Gasteiger partial charge in [0.05, 0.1) is 24.1 Å². The van der Waals surface area contributed by atoms with Crippen molar-refractivity contribution in [2.24, 2.45) is 0 Å². The standard InChI is InChI=1S/C21H17N3OS.C2H6/c1-13-23-19(10-20(25)24(13)2)18-12-26-21-16(7-4-8-17(18)21)15-6-3-5-14(9-15)11-22;1-2/h3-9,12,19,23H,1,10H2,2H3;1-2H3. The van der Waals surface area contributed by atoms with Crippen molar-refractivity contribution in [1.29, 1.82) is 5.26 Å². The van der Waals surface area contributed by atoms with Gasteiger partial charge in [0.25, 0.3) is 0 Å². The summed E-state index contributed by atoms with van der Waals surface area (Å²) in [6.07, 6.45) is 0.412. The molecule has 1 aliphatic heterocycles. The Morgan fingerprint density at radius 2 is 2.00 bits per heavy atom. The van der Waals surface area contributed by atoms with Gasteiger partial charge in [0.15, 0.2) is 0 Å². The minimum atomic E-state index is -0.0688. The van der Waals surface area contributed by atoms with Gasteiger partial charge in [0.2, 0.25) is 5.91 Å². The van der Waals surface area contributed by atoms with Gasteiger partial charge in [0.1, 0.15) is 5.82 Å². The lowest BCUT2D eigenvalue weighted by Crippen LogP contribution is -2.42. The van der Waals surface area contributed by atoms with Crippen LogP contribution in [0.3, 0.4) is 0 Å². The Balaban J connectivity index is 0.00000109. The molecule has 4 nitrogen and oxygen atoms in total. The molecule has 0 radical (unpaired) electrons. The third-order valence-corrected chi connectivity index (χ3v) is 5.85. The number of benzene rings is 2. The summed E-state index contributed by atoms with van der Waals surface area (Å²) in [6.45, 7) is 7.94. The molecule has 3 aromatic rings. The van der Waals surface area contributed by atoms with Gasteiger partial charge >= 0.3 is 0 Å². The summed E-state index contributed by atoms with van der Waals surface area (Å²) in [5, 5.41) is 15.8. The van der Waals surface area contributed by atoms with E-state index in [9.17, 15) is 4.79 Å². The molecule has 1 unspecified atom stereocenters. The number of carbonyl (C=O) groups excluding carboxylic acids is 1. The Hall–Kier alpha value is -3.10. The number of nitriles is 1. The SMILES string of the molecule is C=C1NC(c2csc3c(-c4cccc(C#N)c4)cccc23)CC(=O)N1C.CC. The molecule has 2 heterocycles. The molecule has 0 saturated carbocycles. The van der Waals surface area contributed by atoms with Crippen LogP contribution >= 0.6 is 11.3 Å². The van der Waals surface area contributed by atoms with Gasteiger partial charge in [0, 0.05) is 11.7 Å². The van der Waals surface area contributed by atoms with Gasteiger partial charge in [-0.1, -0.05) is 50.8 Å². The number of thiophene rings is 1. The van der Waals surface area contributed by atoms with E-state index >= 15 is 0 Å². The molecular formula is C23H23N3OS. The van der Waals surface area contributed by atoms with E-state index in [1.54, 1.807) is 23.3 Å². The van der Waals surface area contributed by atoms with Crippen molar-refractivity contribution in [3.63, 3.8) is 0 Å². The van der Waals surface area contributed by atoms with Gasteiger partial charge in [-0.05, 0) is 39.6 Å². The lowest BCUT2D eigenvalue weighted by atomic mass is 9.97. The highest BCUT2D eigenvalue weighted by Gasteiger charge is 2.28. The molecule has 4 rings (SSSR count). The molecule has 2 aromatic carbocycles. The second-order valence-corrected chi connectivity index (χ2v) is 7.25. The van der Waals surface area contributed by atoms with Gasteiger partial charge in [-0.25, -0.2) is 0 Å². The smallest absolute Gasteiger partial charge is 0.230 e. The molecule has 1 saturated heterocycles. The monoisotopic (exact) mass is 389 g/mol. The van der Waals surface area contributed by atoms with E-state index in [0.29, 0.717) is 17.8 Å². The van der Waals surface area contributed by atoms with E-state index in [-0.39, 0.29) is 11.9 Å². The highest BCUT2D eigenvalue weighted by molar-refractivity contribution is 7.18. The van der Waals surface area contributed by atoms with Crippen molar-refractivity contribution in [1.82, 2.24) is 10.2 Å². The number of hydrogen-bond donors (Lipinski definition) is 1. The first-order chi connectivity index (χ1) is 13.6. The minimum Gasteiger partial charge on any atom is -0.365 e. The Kier molecular flexibility index (Phi) is 5.81. The zero-order valence-corrected chi connectivity index (χ0v) is 17.1. The van der Waals surface area contributed by atoms with Crippen LogP contribution < -0.4 is 5.32 Å². The molecule has 1 fully saturated rings. The lowest BCUT2D eigenvalue weighted by Gasteiger charge is -2.32. The highest BCUT2D eigenvalue weighted by atomic mass is 32.1. The number of amides is 1. The summed E-state index contributed by atoms with van der Waals surface area (Å²) >= 11 is 1.67. The molecule has 1 amide bonds. The van der Waals surface area contributed by atoms with E-state index < -0.39 is 0 Å². The predicted molar refractivity (Wildman–Crippen MR) is 116 cm³/mol. The maximum atomic E-state index is 12.2. The summed E-state index contributed by atoms with van der Waals surface area (Å²) in [4.78, 5) is 13.8. The average Bonchev–Trinajstić information content (AvgIpc) is 3.17. The van der Waals surface area contributed by atoms with Crippen LogP contribution in [0, 0.1) is 11.3 Å². The highest BCUT2D eigenvalue weighted by Crippen LogP contribution is 2.39. The fourth-order valence-corrected chi connectivity index (χ4v) is 4.49. The van der Waals surface area contributed by atoms with Crippen LogP contribution in [0.25, 0.3) is 21.2 Å². The number of nitrogens with one attached hydrogen (secondary N) is 1. The third-order valence-electron chi connectivity index (χ3n) is 4.81. The number of carbonyl (C=O) groups is 1. The molecule has 0 aliphatic carbocycles. The largest absolute Gasteiger partial charge is 0.365 e. The quantitative estimate of drug-likeness (QED) is 0.636. The molecule has 0 spiro atoms.